The van der Waals surface area contributed by atoms with E-state index in [0.29, 0.717) is 0 Å². The third kappa shape index (κ3) is 5.36. The van der Waals surface area contributed by atoms with Crippen LogP contribution in [0.5, 0.6) is 0 Å². The molecule has 0 saturated heterocycles. The molecule has 30 heavy (non-hydrogen) atoms. The predicted octanol–water partition coefficient (Wildman–Crippen LogP) is 4.45. The van der Waals surface area contributed by atoms with Crippen molar-refractivity contribution >= 4 is 9.84 Å². The standard InChI is InChI=1S/C23H28N2O4S/c1-16(22-17(2)25-29-23(22)20-13-9-6-10-14-20)24-21(19-11-7-5-8-12-19)15-28-18(3)30(4,26)27/h5-14,16,18,21,24H,15H2,1-4H3/t16-,18?,21+/m0/s1. The van der Waals surface area contributed by atoms with Crippen LogP contribution in [0.25, 0.3) is 11.3 Å². The van der Waals surface area contributed by atoms with Crippen LogP contribution in [0.2, 0.25) is 0 Å². The number of nitrogens with one attached hydrogen (secondary N) is 1. The highest BCUT2D eigenvalue weighted by molar-refractivity contribution is 7.91. The van der Waals surface area contributed by atoms with E-state index in [1.54, 1.807) is 6.92 Å². The Hall–Kier alpha value is -2.48. The summed E-state index contributed by atoms with van der Waals surface area (Å²) in [5.74, 6) is 0.727. The Labute approximate surface area is 178 Å². The maximum Gasteiger partial charge on any atom is 0.173 e. The molecule has 0 fully saturated rings. The monoisotopic (exact) mass is 428 g/mol. The third-order valence-corrected chi connectivity index (χ3v) is 6.47. The largest absolute Gasteiger partial charge is 0.361 e. The Balaban J connectivity index is 1.85. The van der Waals surface area contributed by atoms with Crippen molar-refractivity contribution in [3.05, 3.63) is 77.5 Å². The van der Waals surface area contributed by atoms with Crippen LogP contribution in [-0.4, -0.2) is 31.9 Å². The molecule has 3 aromatic rings. The van der Waals surface area contributed by atoms with Gasteiger partial charge < -0.3 is 14.6 Å². The number of ether oxygens (including phenoxy) is 1. The van der Waals surface area contributed by atoms with E-state index in [1.165, 1.54) is 6.26 Å². The number of aryl methyl sites for hydroxylation is 1. The molecule has 2 aromatic carbocycles. The lowest BCUT2D eigenvalue weighted by atomic mass is 9.99. The number of hydrogen-bond acceptors (Lipinski definition) is 6. The van der Waals surface area contributed by atoms with Crippen LogP contribution >= 0.6 is 0 Å². The van der Waals surface area contributed by atoms with Gasteiger partial charge in [-0.2, -0.15) is 0 Å². The molecule has 0 saturated carbocycles. The molecule has 0 aliphatic heterocycles. The molecular formula is C23H28N2O4S. The molecule has 0 radical (unpaired) electrons. The van der Waals surface area contributed by atoms with Crippen molar-refractivity contribution in [3.8, 4) is 11.3 Å². The zero-order valence-electron chi connectivity index (χ0n) is 17.7. The predicted molar refractivity (Wildman–Crippen MR) is 118 cm³/mol. The number of aromatic nitrogens is 1. The highest BCUT2D eigenvalue weighted by Gasteiger charge is 2.25. The van der Waals surface area contributed by atoms with Gasteiger partial charge in [0.05, 0.1) is 18.3 Å². The summed E-state index contributed by atoms with van der Waals surface area (Å²) < 4.78 is 34.9. The Morgan fingerprint density at radius 1 is 1.03 bits per heavy atom. The SMILES string of the molecule is Cc1noc(-c2ccccc2)c1[C@H](C)N[C@H](COC(C)S(C)(=O)=O)c1ccccc1. The zero-order chi connectivity index (χ0) is 21.7. The smallest absolute Gasteiger partial charge is 0.173 e. The molecule has 0 amide bonds. The zero-order valence-corrected chi connectivity index (χ0v) is 18.5. The van der Waals surface area contributed by atoms with Gasteiger partial charge in [-0.05, 0) is 26.3 Å². The fourth-order valence-electron chi connectivity index (χ4n) is 3.35. The van der Waals surface area contributed by atoms with Crippen molar-refractivity contribution in [2.24, 2.45) is 0 Å². The molecule has 6 nitrogen and oxygen atoms in total. The molecule has 3 rings (SSSR count). The van der Waals surface area contributed by atoms with E-state index in [-0.39, 0.29) is 18.7 Å². The van der Waals surface area contributed by atoms with Crippen LogP contribution in [0.1, 0.15) is 42.8 Å². The molecule has 160 valence electrons. The number of rotatable bonds is 9. The van der Waals surface area contributed by atoms with Crippen molar-refractivity contribution in [3.63, 3.8) is 0 Å². The van der Waals surface area contributed by atoms with Gasteiger partial charge in [0.25, 0.3) is 0 Å². The van der Waals surface area contributed by atoms with Gasteiger partial charge in [0.15, 0.2) is 21.0 Å². The Morgan fingerprint density at radius 3 is 2.23 bits per heavy atom. The molecule has 1 N–H and O–H groups in total. The van der Waals surface area contributed by atoms with Crippen molar-refractivity contribution in [2.75, 3.05) is 12.9 Å². The van der Waals surface area contributed by atoms with Crippen LogP contribution < -0.4 is 5.32 Å². The van der Waals surface area contributed by atoms with Crippen molar-refractivity contribution in [1.29, 1.82) is 0 Å². The van der Waals surface area contributed by atoms with Gasteiger partial charge in [0.1, 0.15) is 0 Å². The molecule has 0 bridgehead atoms. The average molecular weight is 429 g/mol. The fraction of sp³-hybridized carbons (Fsp3) is 0.348. The summed E-state index contributed by atoms with van der Waals surface area (Å²) in [7, 11) is -3.28. The lowest BCUT2D eigenvalue weighted by Gasteiger charge is -2.25. The molecule has 1 heterocycles. The summed E-state index contributed by atoms with van der Waals surface area (Å²) in [4.78, 5) is 0. The minimum absolute atomic E-state index is 0.103. The summed E-state index contributed by atoms with van der Waals surface area (Å²) in [5.41, 5.74) is 2.88. The van der Waals surface area contributed by atoms with Crippen molar-refractivity contribution < 1.29 is 17.7 Å². The first-order chi connectivity index (χ1) is 14.3. The van der Waals surface area contributed by atoms with Gasteiger partial charge >= 0.3 is 0 Å². The van der Waals surface area contributed by atoms with Crippen LogP contribution in [0.3, 0.4) is 0 Å². The second-order valence-electron chi connectivity index (χ2n) is 7.46. The lowest BCUT2D eigenvalue weighted by molar-refractivity contribution is 0.0929. The first-order valence-corrected chi connectivity index (χ1v) is 11.9. The van der Waals surface area contributed by atoms with E-state index in [1.807, 2.05) is 74.5 Å². The molecule has 0 aliphatic carbocycles. The van der Waals surface area contributed by atoms with Gasteiger partial charge in [0, 0.05) is 23.4 Å². The third-order valence-electron chi connectivity index (χ3n) is 5.13. The van der Waals surface area contributed by atoms with E-state index < -0.39 is 15.3 Å². The van der Waals surface area contributed by atoms with Gasteiger partial charge in [-0.3, -0.25) is 0 Å². The molecule has 7 heteroatoms. The topological polar surface area (TPSA) is 81.4 Å². The van der Waals surface area contributed by atoms with E-state index in [0.717, 1.165) is 28.1 Å². The summed E-state index contributed by atoms with van der Waals surface area (Å²) >= 11 is 0. The first-order valence-electron chi connectivity index (χ1n) is 9.90. The second kappa shape index (κ2) is 9.55. The van der Waals surface area contributed by atoms with E-state index in [9.17, 15) is 8.42 Å². The number of hydrogen-bond donors (Lipinski definition) is 1. The van der Waals surface area contributed by atoms with Crippen LogP contribution in [0.15, 0.2) is 65.2 Å². The molecule has 0 spiro atoms. The first kappa shape index (κ1) is 22.2. The lowest BCUT2D eigenvalue weighted by Crippen LogP contribution is -2.31. The number of benzene rings is 2. The van der Waals surface area contributed by atoms with Crippen LogP contribution in [0, 0.1) is 6.92 Å². The molecule has 0 aliphatic rings. The fourth-order valence-corrected chi connectivity index (χ4v) is 3.68. The van der Waals surface area contributed by atoms with Crippen LogP contribution in [0.4, 0.5) is 0 Å². The normalized spacial score (nSPS) is 14.9. The Bertz CT molecular complexity index is 1050. The minimum Gasteiger partial charge on any atom is -0.361 e. The van der Waals surface area contributed by atoms with Gasteiger partial charge in [-0.25, -0.2) is 8.42 Å². The highest BCUT2D eigenvalue weighted by Crippen LogP contribution is 2.32. The minimum atomic E-state index is -3.28. The van der Waals surface area contributed by atoms with Gasteiger partial charge in [-0.1, -0.05) is 65.8 Å². The van der Waals surface area contributed by atoms with E-state index >= 15 is 0 Å². The van der Waals surface area contributed by atoms with Gasteiger partial charge in [0.2, 0.25) is 0 Å². The van der Waals surface area contributed by atoms with Crippen LogP contribution in [-0.2, 0) is 14.6 Å². The molecular weight excluding hydrogens is 400 g/mol. The maximum absolute atomic E-state index is 11.8. The maximum atomic E-state index is 11.8. The quantitative estimate of drug-likeness (QED) is 0.542. The highest BCUT2D eigenvalue weighted by atomic mass is 32.2. The summed E-state index contributed by atoms with van der Waals surface area (Å²) in [5, 5.41) is 7.75. The Kier molecular flexibility index (Phi) is 7.07. The average Bonchev–Trinajstić information content (AvgIpc) is 3.12. The number of sulfone groups is 1. The molecule has 1 unspecified atom stereocenters. The summed E-state index contributed by atoms with van der Waals surface area (Å²) in [6.07, 6.45) is 1.18. The van der Waals surface area contributed by atoms with Gasteiger partial charge in [-0.15, -0.1) is 0 Å². The van der Waals surface area contributed by atoms with E-state index in [2.05, 4.69) is 10.5 Å². The number of nitrogens with zero attached hydrogens (tertiary/aromatic N) is 1. The van der Waals surface area contributed by atoms with Crippen molar-refractivity contribution in [2.45, 2.75) is 38.3 Å². The second-order valence-corrected chi connectivity index (χ2v) is 9.78. The van der Waals surface area contributed by atoms with E-state index in [4.69, 9.17) is 9.26 Å². The molecule has 3 atom stereocenters. The van der Waals surface area contributed by atoms with Crippen molar-refractivity contribution in [1.82, 2.24) is 10.5 Å². The summed E-state index contributed by atoms with van der Waals surface area (Å²) in [6.45, 7) is 5.73. The Morgan fingerprint density at radius 2 is 1.63 bits per heavy atom. The molecule has 1 aromatic heterocycles. The summed E-state index contributed by atoms with van der Waals surface area (Å²) in [6, 6.07) is 19.4.